The van der Waals surface area contributed by atoms with E-state index in [1.54, 1.807) is 0 Å². The highest BCUT2D eigenvalue weighted by Gasteiger charge is 2.49. The Hall–Kier alpha value is -0.0800. The van der Waals surface area contributed by atoms with Gasteiger partial charge >= 0.3 is 0 Å². The second-order valence-corrected chi connectivity index (χ2v) is 7.02. The molecular weight excluding hydrogens is 220 g/mol. The molecule has 1 aliphatic carbocycles. The van der Waals surface area contributed by atoms with Crippen LogP contribution in [0.1, 0.15) is 59.8 Å². The Morgan fingerprint density at radius 2 is 2.00 bits per heavy atom. The van der Waals surface area contributed by atoms with Gasteiger partial charge < -0.3 is 5.73 Å². The maximum atomic E-state index is 6.28. The number of likely N-dealkylation sites (tertiary alicyclic amines) is 1. The van der Waals surface area contributed by atoms with Gasteiger partial charge in [0.1, 0.15) is 0 Å². The van der Waals surface area contributed by atoms with Gasteiger partial charge in [0.15, 0.2) is 0 Å². The summed E-state index contributed by atoms with van der Waals surface area (Å²) in [5.41, 5.74) is 6.59. The molecule has 1 saturated heterocycles. The molecule has 2 N–H and O–H groups in total. The van der Waals surface area contributed by atoms with E-state index in [1.165, 1.54) is 38.6 Å². The molecule has 0 aromatic heterocycles. The first-order valence-electron chi connectivity index (χ1n) is 8.02. The lowest BCUT2D eigenvalue weighted by atomic mass is 9.76. The molecule has 0 amide bonds. The highest BCUT2D eigenvalue weighted by atomic mass is 15.3. The van der Waals surface area contributed by atoms with Crippen molar-refractivity contribution in [3.63, 3.8) is 0 Å². The van der Waals surface area contributed by atoms with Crippen molar-refractivity contribution in [1.82, 2.24) is 4.90 Å². The van der Waals surface area contributed by atoms with Crippen LogP contribution in [0.15, 0.2) is 0 Å². The Morgan fingerprint density at radius 1 is 1.28 bits per heavy atom. The topological polar surface area (TPSA) is 29.3 Å². The summed E-state index contributed by atoms with van der Waals surface area (Å²) in [5.74, 6) is 2.47. The second kappa shape index (κ2) is 5.50. The first-order valence-corrected chi connectivity index (χ1v) is 8.02. The van der Waals surface area contributed by atoms with Gasteiger partial charge in [-0.1, -0.05) is 33.6 Å². The molecule has 1 aliphatic heterocycles. The molecule has 2 rings (SSSR count). The third kappa shape index (κ3) is 2.22. The van der Waals surface area contributed by atoms with Crippen LogP contribution in [0.25, 0.3) is 0 Å². The molecule has 0 aromatic carbocycles. The van der Waals surface area contributed by atoms with Crippen molar-refractivity contribution in [1.29, 1.82) is 0 Å². The Balaban J connectivity index is 2.25. The van der Waals surface area contributed by atoms with E-state index in [9.17, 15) is 0 Å². The van der Waals surface area contributed by atoms with Crippen LogP contribution in [0, 0.1) is 17.8 Å². The normalized spacial score (nSPS) is 46.5. The van der Waals surface area contributed by atoms with Crippen LogP contribution in [0.4, 0.5) is 0 Å². The van der Waals surface area contributed by atoms with Crippen LogP contribution in [0.2, 0.25) is 0 Å². The van der Waals surface area contributed by atoms with Gasteiger partial charge in [0.2, 0.25) is 0 Å². The number of nitrogens with two attached hydrogens (primary N) is 1. The van der Waals surface area contributed by atoms with Crippen molar-refractivity contribution in [3.05, 3.63) is 0 Å². The molecule has 1 saturated carbocycles. The van der Waals surface area contributed by atoms with Crippen LogP contribution in [0.3, 0.4) is 0 Å². The van der Waals surface area contributed by atoms with Crippen LogP contribution >= 0.6 is 0 Å². The van der Waals surface area contributed by atoms with E-state index in [2.05, 4.69) is 32.6 Å². The summed E-state index contributed by atoms with van der Waals surface area (Å²) in [4.78, 5) is 2.81. The van der Waals surface area contributed by atoms with Gasteiger partial charge in [0.05, 0.1) is 0 Å². The molecule has 0 radical (unpaired) electrons. The maximum Gasteiger partial charge on any atom is 0.0362 e. The Bertz CT molecular complexity index is 278. The van der Waals surface area contributed by atoms with Crippen molar-refractivity contribution in [3.8, 4) is 0 Å². The predicted molar refractivity (Wildman–Crippen MR) is 78.5 cm³/mol. The molecule has 2 fully saturated rings. The number of rotatable bonds is 3. The van der Waals surface area contributed by atoms with E-state index < -0.39 is 0 Å². The number of hydrogen-bond acceptors (Lipinski definition) is 2. The quantitative estimate of drug-likeness (QED) is 0.835. The van der Waals surface area contributed by atoms with E-state index in [1.807, 2.05) is 0 Å². The molecule has 0 aromatic rings. The third-order valence-corrected chi connectivity index (χ3v) is 5.94. The summed E-state index contributed by atoms with van der Waals surface area (Å²) in [6.07, 6.45) is 6.77. The van der Waals surface area contributed by atoms with Gasteiger partial charge in [0.25, 0.3) is 0 Å². The molecule has 106 valence electrons. The number of piperidine rings is 1. The molecule has 2 nitrogen and oxygen atoms in total. The number of hydrogen-bond donors (Lipinski definition) is 1. The lowest BCUT2D eigenvalue weighted by Gasteiger charge is -2.53. The highest BCUT2D eigenvalue weighted by molar-refractivity contribution is 5.04. The Kier molecular flexibility index (Phi) is 4.38. The summed E-state index contributed by atoms with van der Waals surface area (Å²) in [6.45, 7) is 11.7. The SMILES string of the molecule is CCC1CCCC1(CN)N1CC(C)CC(C)C1C. The van der Waals surface area contributed by atoms with Crippen LogP contribution in [0.5, 0.6) is 0 Å². The van der Waals surface area contributed by atoms with Gasteiger partial charge in [-0.3, -0.25) is 4.90 Å². The minimum absolute atomic E-state index is 0.317. The third-order valence-electron chi connectivity index (χ3n) is 5.94. The van der Waals surface area contributed by atoms with Crippen LogP contribution in [-0.2, 0) is 0 Å². The predicted octanol–water partition coefficient (Wildman–Crippen LogP) is 3.26. The molecule has 2 aliphatic rings. The van der Waals surface area contributed by atoms with Gasteiger partial charge in [0, 0.05) is 24.7 Å². The molecule has 1 heterocycles. The molecule has 0 bridgehead atoms. The molecule has 2 heteroatoms. The van der Waals surface area contributed by atoms with Crippen molar-refractivity contribution in [2.24, 2.45) is 23.5 Å². The summed E-state index contributed by atoms with van der Waals surface area (Å²) >= 11 is 0. The lowest BCUT2D eigenvalue weighted by molar-refractivity contribution is -0.0369. The maximum absolute atomic E-state index is 6.28. The van der Waals surface area contributed by atoms with E-state index in [0.29, 0.717) is 11.6 Å². The fraction of sp³-hybridized carbons (Fsp3) is 1.00. The first-order chi connectivity index (χ1) is 8.55. The fourth-order valence-electron chi connectivity index (χ4n) is 4.78. The number of nitrogens with zero attached hydrogens (tertiary/aromatic N) is 1. The average Bonchev–Trinajstić information content (AvgIpc) is 2.77. The summed E-state index contributed by atoms with van der Waals surface area (Å²) in [6, 6.07) is 0.705. The lowest BCUT2D eigenvalue weighted by Crippen LogP contribution is -2.63. The smallest absolute Gasteiger partial charge is 0.0362 e. The molecule has 5 atom stereocenters. The van der Waals surface area contributed by atoms with E-state index >= 15 is 0 Å². The van der Waals surface area contributed by atoms with Crippen molar-refractivity contribution >= 4 is 0 Å². The van der Waals surface area contributed by atoms with E-state index in [4.69, 9.17) is 5.73 Å². The van der Waals surface area contributed by atoms with Gasteiger partial charge in [-0.25, -0.2) is 0 Å². The Labute approximate surface area is 113 Å². The molecular formula is C16H32N2. The summed E-state index contributed by atoms with van der Waals surface area (Å²) < 4.78 is 0. The van der Waals surface area contributed by atoms with Crippen LogP contribution < -0.4 is 5.73 Å². The molecule has 18 heavy (non-hydrogen) atoms. The second-order valence-electron chi connectivity index (χ2n) is 7.02. The molecule has 5 unspecified atom stereocenters. The van der Waals surface area contributed by atoms with Gasteiger partial charge in [-0.05, 0) is 43.9 Å². The fourth-order valence-corrected chi connectivity index (χ4v) is 4.78. The van der Waals surface area contributed by atoms with Gasteiger partial charge in [-0.15, -0.1) is 0 Å². The summed E-state index contributed by atoms with van der Waals surface area (Å²) in [7, 11) is 0. The Morgan fingerprint density at radius 3 is 2.61 bits per heavy atom. The van der Waals surface area contributed by atoms with Gasteiger partial charge in [-0.2, -0.15) is 0 Å². The van der Waals surface area contributed by atoms with Crippen molar-refractivity contribution in [2.45, 2.75) is 71.4 Å². The minimum Gasteiger partial charge on any atom is -0.329 e. The van der Waals surface area contributed by atoms with E-state index in [0.717, 1.165) is 24.3 Å². The van der Waals surface area contributed by atoms with Crippen molar-refractivity contribution in [2.75, 3.05) is 13.1 Å². The van der Waals surface area contributed by atoms with Crippen LogP contribution in [-0.4, -0.2) is 29.6 Å². The van der Waals surface area contributed by atoms with E-state index in [-0.39, 0.29) is 0 Å². The zero-order valence-corrected chi connectivity index (χ0v) is 12.8. The zero-order valence-electron chi connectivity index (χ0n) is 12.8. The minimum atomic E-state index is 0.317. The first kappa shape index (κ1) is 14.3. The highest BCUT2D eigenvalue weighted by Crippen LogP contribution is 2.45. The largest absolute Gasteiger partial charge is 0.329 e. The average molecular weight is 252 g/mol. The molecule has 0 spiro atoms. The summed E-state index contributed by atoms with van der Waals surface area (Å²) in [5, 5.41) is 0. The monoisotopic (exact) mass is 252 g/mol. The standard InChI is InChI=1S/C16H32N2/c1-5-15-7-6-8-16(15,11-17)18-10-12(2)9-13(3)14(18)4/h12-15H,5-11,17H2,1-4H3. The zero-order chi connectivity index (χ0) is 13.3. The van der Waals surface area contributed by atoms with Crippen molar-refractivity contribution < 1.29 is 0 Å².